The van der Waals surface area contributed by atoms with Gasteiger partial charge in [0.25, 0.3) is 5.91 Å². The first-order valence-corrected chi connectivity index (χ1v) is 11.9. The summed E-state index contributed by atoms with van der Waals surface area (Å²) < 4.78 is 33.9. The van der Waals surface area contributed by atoms with Crippen molar-refractivity contribution in [3.05, 3.63) is 88.6 Å². The van der Waals surface area contributed by atoms with Gasteiger partial charge in [-0.2, -0.15) is 0 Å². The fraction of sp³-hybridized carbons (Fsp3) is 0.0833. The summed E-state index contributed by atoms with van der Waals surface area (Å²) in [5.74, 6) is 1.06. The lowest BCUT2D eigenvalue weighted by molar-refractivity contribution is -0.113. The van der Waals surface area contributed by atoms with E-state index in [2.05, 4.69) is 4.99 Å². The van der Waals surface area contributed by atoms with E-state index in [0.29, 0.717) is 39.2 Å². The van der Waals surface area contributed by atoms with Crippen molar-refractivity contribution >= 4 is 45.1 Å². The lowest BCUT2D eigenvalue weighted by atomic mass is 10.1. The summed E-state index contributed by atoms with van der Waals surface area (Å²) in [5, 5.41) is 5.74. The minimum absolute atomic E-state index is 0.0611. The molecular weight excluding hydrogens is 478 g/mol. The number of aliphatic imine (C=N–C) groups is 1. The van der Waals surface area contributed by atoms with E-state index in [1.165, 1.54) is 43.4 Å². The molecule has 0 bridgehead atoms. The number of benzene rings is 3. The van der Waals surface area contributed by atoms with Gasteiger partial charge in [-0.05, 0) is 72.3 Å². The smallest absolute Gasteiger partial charge is 0.282 e. The molecule has 1 heterocycles. The number of hydrogen-bond acceptors (Lipinski definition) is 6. The number of carbonyl (C=O) groups excluding carboxylic acids is 1. The molecular formula is C24H20ClN3O5S. The predicted octanol–water partition coefficient (Wildman–Crippen LogP) is 3.84. The molecule has 0 spiro atoms. The number of rotatable bonds is 6. The van der Waals surface area contributed by atoms with E-state index >= 15 is 0 Å². The Morgan fingerprint density at radius 1 is 0.941 bits per heavy atom. The third kappa shape index (κ3) is 4.67. The highest BCUT2D eigenvalue weighted by Crippen LogP contribution is 2.32. The Morgan fingerprint density at radius 2 is 1.59 bits per heavy atom. The van der Waals surface area contributed by atoms with Gasteiger partial charge in [0.1, 0.15) is 11.5 Å². The van der Waals surface area contributed by atoms with Crippen molar-refractivity contribution in [3.8, 4) is 11.5 Å². The number of carbonyl (C=O) groups is 1. The Bertz CT molecular complexity index is 1420. The highest BCUT2D eigenvalue weighted by Gasteiger charge is 2.32. The van der Waals surface area contributed by atoms with E-state index in [4.69, 9.17) is 26.2 Å². The largest absolute Gasteiger partial charge is 0.493 e. The van der Waals surface area contributed by atoms with Crippen LogP contribution < -0.4 is 19.5 Å². The molecule has 1 amide bonds. The van der Waals surface area contributed by atoms with Crippen molar-refractivity contribution < 1.29 is 22.7 Å². The van der Waals surface area contributed by atoms with Crippen molar-refractivity contribution in [2.75, 3.05) is 19.1 Å². The van der Waals surface area contributed by atoms with E-state index < -0.39 is 10.0 Å². The lowest BCUT2D eigenvalue weighted by Crippen LogP contribution is -2.32. The highest BCUT2D eigenvalue weighted by atomic mass is 35.5. The number of anilines is 1. The number of hydrogen-bond donors (Lipinski definition) is 1. The average molecular weight is 498 g/mol. The van der Waals surface area contributed by atoms with Gasteiger partial charge in [0.05, 0.1) is 24.8 Å². The summed E-state index contributed by atoms with van der Waals surface area (Å²) in [5.41, 5.74) is 1.96. The Labute approximate surface area is 201 Å². The van der Waals surface area contributed by atoms with Crippen molar-refractivity contribution in [3.63, 3.8) is 0 Å². The van der Waals surface area contributed by atoms with Crippen LogP contribution in [0.15, 0.2) is 82.3 Å². The van der Waals surface area contributed by atoms with E-state index in [1.54, 1.807) is 48.5 Å². The molecule has 1 aliphatic rings. The molecule has 1 aliphatic heterocycles. The van der Waals surface area contributed by atoms with Gasteiger partial charge >= 0.3 is 0 Å². The Hall–Kier alpha value is -3.66. The number of amides is 1. The molecule has 0 atom stereocenters. The van der Waals surface area contributed by atoms with Crippen LogP contribution in [0.3, 0.4) is 0 Å². The summed E-state index contributed by atoms with van der Waals surface area (Å²) in [4.78, 5) is 19.4. The van der Waals surface area contributed by atoms with Gasteiger partial charge in [-0.15, -0.1) is 0 Å². The first kappa shape index (κ1) is 23.5. The average Bonchev–Trinajstić information content (AvgIpc) is 3.14. The molecule has 34 heavy (non-hydrogen) atoms. The Kier molecular flexibility index (Phi) is 6.43. The first-order valence-electron chi connectivity index (χ1n) is 9.97. The van der Waals surface area contributed by atoms with Gasteiger partial charge in [-0.3, -0.25) is 9.69 Å². The monoisotopic (exact) mass is 497 g/mol. The molecule has 0 aromatic heterocycles. The first-order chi connectivity index (χ1) is 16.2. The zero-order valence-corrected chi connectivity index (χ0v) is 19.8. The van der Waals surface area contributed by atoms with Crippen molar-refractivity contribution in [1.29, 1.82) is 0 Å². The molecule has 3 aromatic rings. The highest BCUT2D eigenvalue weighted by molar-refractivity contribution is 7.89. The maximum atomic E-state index is 13.4. The number of amidine groups is 1. The summed E-state index contributed by atoms with van der Waals surface area (Å²) in [6.07, 6.45) is 1.64. The van der Waals surface area contributed by atoms with Crippen LogP contribution >= 0.6 is 11.6 Å². The molecule has 0 saturated carbocycles. The normalized spacial score (nSPS) is 14.9. The zero-order valence-electron chi connectivity index (χ0n) is 18.2. The molecule has 0 radical (unpaired) electrons. The summed E-state index contributed by atoms with van der Waals surface area (Å²) in [7, 11) is -0.806. The predicted molar refractivity (Wildman–Crippen MR) is 131 cm³/mol. The fourth-order valence-corrected chi connectivity index (χ4v) is 4.08. The van der Waals surface area contributed by atoms with Crippen LogP contribution in [0.1, 0.15) is 11.1 Å². The van der Waals surface area contributed by atoms with Gasteiger partial charge in [0.15, 0.2) is 11.5 Å². The van der Waals surface area contributed by atoms with Crippen molar-refractivity contribution in [2.45, 2.75) is 4.90 Å². The second kappa shape index (κ2) is 9.30. The van der Waals surface area contributed by atoms with Gasteiger partial charge in [-0.1, -0.05) is 17.7 Å². The topological polar surface area (TPSA) is 111 Å². The summed E-state index contributed by atoms with van der Waals surface area (Å²) in [6.45, 7) is 0. The van der Waals surface area contributed by atoms with Crippen LogP contribution in [0.4, 0.5) is 5.69 Å². The Balaban J connectivity index is 1.80. The zero-order chi connectivity index (χ0) is 24.5. The number of nitrogens with zero attached hydrogens (tertiary/aromatic N) is 2. The van der Waals surface area contributed by atoms with Crippen LogP contribution in [0.2, 0.25) is 5.02 Å². The van der Waals surface area contributed by atoms with Crippen molar-refractivity contribution in [1.82, 2.24) is 0 Å². The Morgan fingerprint density at radius 3 is 2.18 bits per heavy atom. The number of ether oxygens (including phenoxy) is 2. The van der Waals surface area contributed by atoms with Gasteiger partial charge in [0, 0.05) is 10.6 Å². The van der Waals surface area contributed by atoms with Crippen LogP contribution in [0, 0.1) is 0 Å². The molecule has 0 saturated heterocycles. The van der Waals surface area contributed by atoms with E-state index in [1.807, 2.05) is 0 Å². The van der Waals surface area contributed by atoms with E-state index in [-0.39, 0.29) is 16.5 Å². The van der Waals surface area contributed by atoms with Crippen molar-refractivity contribution in [2.24, 2.45) is 10.1 Å². The SMILES string of the molecule is COc1ccc(/C=C2/N=C(c3ccc(Cl)cc3)N(c3ccc(S(N)(=O)=O)cc3)C2=O)cc1OC. The third-order valence-electron chi connectivity index (χ3n) is 5.10. The van der Waals surface area contributed by atoms with Crippen LogP contribution in [0.25, 0.3) is 6.08 Å². The number of halogens is 1. The van der Waals surface area contributed by atoms with Crippen LogP contribution in [-0.2, 0) is 14.8 Å². The molecule has 0 fully saturated rings. The molecule has 8 nitrogen and oxygen atoms in total. The molecule has 0 unspecified atom stereocenters. The summed E-state index contributed by atoms with van der Waals surface area (Å²) >= 11 is 6.03. The van der Waals surface area contributed by atoms with Crippen LogP contribution in [-0.4, -0.2) is 34.4 Å². The van der Waals surface area contributed by atoms with Gasteiger partial charge in [-0.25, -0.2) is 18.5 Å². The van der Waals surface area contributed by atoms with E-state index in [9.17, 15) is 13.2 Å². The van der Waals surface area contributed by atoms with Gasteiger partial charge < -0.3 is 9.47 Å². The number of sulfonamides is 1. The molecule has 3 aromatic carbocycles. The molecule has 0 aliphatic carbocycles. The maximum absolute atomic E-state index is 13.4. The second-order valence-electron chi connectivity index (χ2n) is 7.27. The lowest BCUT2D eigenvalue weighted by Gasteiger charge is -2.19. The number of nitrogens with two attached hydrogens (primary N) is 1. The minimum Gasteiger partial charge on any atom is -0.493 e. The maximum Gasteiger partial charge on any atom is 0.282 e. The van der Waals surface area contributed by atoms with Crippen LogP contribution in [0.5, 0.6) is 11.5 Å². The van der Waals surface area contributed by atoms with Gasteiger partial charge in [0.2, 0.25) is 10.0 Å². The quantitative estimate of drug-likeness (QED) is 0.520. The standard InChI is InChI=1S/C24H20ClN3O5S/c1-32-21-12-3-15(14-22(21)33-2)13-20-24(29)28(18-8-10-19(11-9-18)34(26,30)31)23(27-20)16-4-6-17(25)7-5-16/h3-14H,1-2H3,(H2,26,30,31)/b20-13+. The molecule has 4 rings (SSSR count). The summed E-state index contributed by atoms with van der Waals surface area (Å²) in [6, 6.07) is 17.8. The molecule has 10 heteroatoms. The van der Waals surface area contributed by atoms with E-state index in [0.717, 1.165) is 0 Å². The number of primary sulfonamides is 1. The minimum atomic E-state index is -3.87. The molecule has 2 N–H and O–H groups in total. The fourth-order valence-electron chi connectivity index (χ4n) is 3.43. The molecule has 174 valence electrons. The second-order valence-corrected chi connectivity index (χ2v) is 9.26. The number of methoxy groups -OCH3 is 2. The third-order valence-corrected chi connectivity index (χ3v) is 6.28.